The minimum atomic E-state index is -0.417. The number of anilines is 2. The Kier molecular flexibility index (Phi) is 5.41. The number of aryl methyl sites for hydroxylation is 2. The Morgan fingerprint density at radius 3 is 2.56 bits per heavy atom. The molecule has 3 N–H and O–H groups in total. The number of nitrogen functional groups attached to an aromatic ring is 1. The standard InChI is InChI=1S/C26H23FN6O/c1-14-13-34-25-21(14)8-17(9-22(25)27)23-10-24(33-16(3)32-23)31-15(2)19-6-4-5-7-20(19)18-11-29-26(28)30-12-18/h4-13,15H,1-3H3,(H2,28,29,30)(H,31,32,33)/t15-/m0/s1. The van der Waals surface area contributed by atoms with E-state index in [4.69, 9.17) is 10.2 Å². The van der Waals surface area contributed by atoms with E-state index in [1.54, 1.807) is 18.7 Å². The molecule has 3 heterocycles. The molecule has 0 aliphatic heterocycles. The van der Waals surface area contributed by atoms with Gasteiger partial charge >= 0.3 is 0 Å². The van der Waals surface area contributed by atoms with Crippen molar-refractivity contribution in [3.63, 3.8) is 0 Å². The average molecular weight is 455 g/mol. The topological polar surface area (TPSA) is 103 Å². The molecule has 0 radical (unpaired) electrons. The SMILES string of the molecule is Cc1nc(N[C@@H](C)c2ccccc2-c2cnc(N)nc2)cc(-c2cc(F)c3occ(C)c3c2)n1. The summed E-state index contributed by atoms with van der Waals surface area (Å²) in [5.74, 6) is 1.04. The second kappa shape index (κ2) is 8.55. The maximum absolute atomic E-state index is 14.6. The van der Waals surface area contributed by atoms with Crippen LogP contribution in [0.3, 0.4) is 0 Å². The molecule has 34 heavy (non-hydrogen) atoms. The molecule has 0 saturated carbocycles. The molecule has 0 unspecified atom stereocenters. The van der Waals surface area contributed by atoms with Gasteiger partial charge in [-0.2, -0.15) is 0 Å². The smallest absolute Gasteiger partial charge is 0.219 e. The van der Waals surface area contributed by atoms with Crippen LogP contribution in [0.5, 0.6) is 0 Å². The van der Waals surface area contributed by atoms with Crippen LogP contribution < -0.4 is 11.1 Å². The lowest BCUT2D eigenvalue weighted by molar-refractivity contribution is 0.559. The predicted molar refractivity (Wildman–Crippen MR) is 131 cm³/mol. The van der Waals surface area contributed by atoms with Crippen molar-refractivity contribution in [2.75, 3.05) is 11.1 Å². The Morgan fingerprint density at radius 2 is 1.76 bits per heavy atom. The highest BCUT2D eigenvalue weighted by Crippen LogP contribution is 2.32. The van der Waals surface area contributed by atoms with Gasteiger partial charge in [0.15, 0.2) is 11.4 Å². The van der Waals surface area contributed by atoms with Crippen LogP contribution in [0, 0.1) is 19.7 Å². The number of furan rings is 1. The van der Waals surface area contributed by atoms with Gasteiger partial charge in [-0.05, 0) is 49.6 Å². The van der Waals surface area contributed by atoms with Crippen LogP contribution in [-0.2, 0) is 0 Å². The monoisotopic (exact) mass is 454 g/mol. The first kappa shape index (κ1) is 21.5. The van der Waals surface area contributed by atoms with Crippen molar-refractivity contribution in [2.24, 2.45) is 0 Å². The molecule has 0 aliphatic rings. The first-order valence-corrected chi connectivity index (χ1v) is 10.9. The zero-order valence-corrected chi connectivity index (χ0v) is 19.0. The summed E-state index contributed by atoms with van der Waals surface area (Å²) in [4.78, 5) is 17.3. The summed E-state index contributed by atoms with van der Waals surface area (Å²) >= 11 is 0. The Balaban J connectivity index is 1.49. The van der Waals surface area contributed by atoms with Crippen LogP contribution in [0.25, 0.3) is 33.4 Å². The summed E-state index contributed by atoms with van der Waals surface area (Å²) < 4.78 is 20.0. The van der Waals surface area contributed by atoms with Crippen molar-refractivity contribution in [1.29, 1.82) is 0 Å². The molecule has 8 heteroatoms. The van der Waals surface area contributed by atoms with E-state index < -0.39 is 5.82 Å². The predicted octanol–water partition coefficient (Wildman–Crippen LogP) is 5.86. The number of fused-ring (bicyclic) bond motifs is 1. The molecule has 3 aromatic heterocycles. The molecule has 1 atom stereocenters. The van der Waals surface area contributed by atoms with Crippen LogP contribution in [0.4, 0.5) is 16.2 Å². The van der Waals surface area contributed by atoms with Crippen molar-refractivity contribution in [3.8, 4) is 22.4 Å². The van der Waals surface area contributed by atoms with E-state index in [1.165, 1.54) is 6.07 Å². The third kappa shape index (κ3) is 4.05. The van der Waals surface area contributed by atoms with E-state index in [2.05, 4.69) is 32.2 Å². The largest absolute Gasteiger partial charge is 0.461 e. The summed E-state index contributed by atoms with van der Waals surface area (Å²) in [6.45, 7) is 5.75. The van der Waals surface area contributed by atoms with Crippen molar-refractivity contribution in [2.45, 2.75) is 26.8 Å². The van der Waals surface area contributed by atoms with Gasteiger partial charge in [0.25, 0.3) is 0 Å². The van der Waals surface area contributed by atoms with Gasteiger partial charge in [-0.25, -0.2) is 24.3 Å². The number of rotatable bonds is 5. The fraction of sp³-hybridized carbons (Fsp3) is 0.154. The Hall–Kier alpha value is -4.33. The van der Waals surface area contributed by atoms with Crippen LogP contribution in [0.15, 0.2) is 65.5 Å². The van der Waals surface area contributed by atoms with Gasteiger partial charge < -0.3 is 15.5 Å². The van der Waals surface area contributed by atoms with Gasteiger partial charge in [-0.3, -0.25) is 0 Å². The molecule has 0 bridgehead atoms. The lowest BCUT2D eigenvalue weighted by Crippen LogP contribution is -2.10. The van der Waals surface area contributed by atoms with Gasteiger partial charge in [-0.15, -0.1) is 0 Å². The number of nitrogens with one attached hydrogen (secondary N) is 1. The highest BCUT2D eigenvalue weighted by molar-refractivity contribution is 5.86. The molecule has 0 amide bonds. The number of hydrogen-bond donors (Lipinski definition) is 2. The second-order valence-corrected chi connectivity index (χ2v) is 8.22. The van der Waals surface area contributed by atoms with Crippen molar-refractivity contribution in [1.82, 2.24) is 19.9 Å². The highest BCUT2D eigenvalue weighted by Gasteiger charge is 2.16. The summed E-state index contributed by atoms with van der Waals surface area (Å²) in [7, 11) is 0. The fourth-order valence-corrected chi connectivity index (χ4v) is 4.07. The molecule has 7 nitrogen and oxygen atoms in total. The van der Waals surface area contributed by atoms with E-state index >= 15 is 0 Å². The first-order valence-electron chi connectivity index (χ1n) is 10.9. The van der Waals surface area contributed by atoms with Gasteiger partial charge in [0, 0.05) is 35.0 Å². The molecule has 0 saturated heterocycles. The van der Waals surface area contributed by atoms with Crippen LogP contribution in [0.1, 0.15) is 29.9 Å². The molecule has 5 rings (SSSR count). The van der Waals surface area contributed by atoms with Crippen molar-refractivity contribution >= 4 is 22.7 Å². The van der Waals surface area contributed by atoms with Gasteiger partial charge in [-0.1, -0.05) is 24.3 Å². The summed E-state index contributed by atoms with van der Waals surface area (Å²) in [5.41, 5.74) is 11.0. The number of benzene rings is 2. The lowest BCUT2D eigenvalue weighted by atomic mass is 9.97. The normalized spacial score (nSPS) is 12.1. The van der Waals surface area contributed by atoms with Crippen molar-refractivity contribution in [3.05, 3.63) is 83.9 Å². The van der Waals surface area contributed by atoms with Crippen LogP contribution >= 0.6 is 0 Å². The zero-order chi connectivity index (χ0) is 23.8. The molecule has 5 aromatic rings. The molecule has 170 valence electrons. The fourth-order valence-electron chi connectivity index (χ4n) is 4.07. The maximum Gasteiger partial charge on any atom is 0.219 e. The Morgan fingerprint density at radius 1 is 1.00 bits per heavy atom. The van der Waals surface area contributed by atoms with E-state index in [-0.39, 0.29) is 17.6 Å². The average Bonchev–Trinajstić information content (AvgIpc) is 3.20. The number of aromatic nitrogens is 4. The number of hydrogen-bond acceptors (Lipinski definition) is 7. The number of nitrogens with zero attached hydrogens (tertiary/aromatic N) is 4. The third-order valence-electron chi connectivity index (χ3n) is 5.73. The molecule has 0 spiro atoms. The quantitative estimate of drug-likeness (QED) is 0.343. The summed E-state index contributed by atoms with van der Waals surface area (Å²) in [5, 5.41) is 4.19. The second-order valence-electron chi connectivity index (χ2n) is 8.22. The summed E-state index contributed by atoms with van der Waals surface area (Å²) in [6.07, 6.45) is 4.98. The first-order chi connectivity index (χ1) is 16.4. The van der Waals surface area contributed by atoms with E-state index in [9.17, 15) is 4.39 Å². The molecular formula is C26H23FN6O. The minimum Gasteiger partial charge on any atom is -0.461 e. The molecule has 2 aromatic carbocycles. The Labute approximate surface area is 195 Å². The van der Waals surface area contributed by atoms with Gasteiger partial charge in [0.1, 0.15) is 11.6 Å². The zero-order valence-electron chi connectivity index (χ0n) is 19.0. The van der Waals surface area contributed by atoms with E-state index in [0.29, 0.717) is 22.9 Å². The molecule has 0 fully saturated rings. The third-order valence-corrected chi connectivity index (χ3v) is 5.73. The van der Waals surface area contributed by atoms with Crippen LogP contribution in [-0.4, -0.2) is 19.9 Å². The van der Waals surface area contributed by atoms with E-state index in [1.807, 2.05) is 50.2 Å². The number of nitrogens with two attached hydrogens (primary N) is 1. The van der Waals surface area contributed by atoms with Gasteiger partial charge in [0.05, 0.1) is 18.0 Å². The van der Waals surface area contributed by atoms with Gasteiger partial charge in [0.2, 0.25) is 5.95 Å². The van der Waals surface area contributed by atoms with E-state index in [0.717, 1.165) is 27.6 Å². The summed E-state index contributed by atoms with van der Waals surface area (Å²) in [6, 6.07) is 13.1. The number of halogens is 1. The molecular weight excluding hydrogens is 431 g/mol. The highest BCUT2D eigenvalue weighted by atomic mass is 19.1. The van der Waals surface area contributed by atoms with Crippen molar-refractivity contribution < 1.29 is 8.81 Å². The minimum absolute atomic E-state index is 0.0914. The van der Waals surface area contributed by atoms with Crippen LogP contribution in [0.2, 0.25) is 0 Å². The maximum atomic E-state index is 14.6. The Bertz CT molecular complexity index is 1500. The lowest BCUT2D eigenvalue weighted by Gasteiger charge is -2.19. The molecule has 0 aliphatic carbocycles.